The van der Waals surface area contributed by atoms with E-state index in [4.69, 9.17) is 24.2 Å². The normalized spacial score (nSPS) is 25.5. The third-order valence-corrected chi connectivity index (χ3v) is 12.7. The number of aromatic amines is 2. The fourth-order valence-electron chi connectivity index (χ4n) is 9.36. The lowest BCUT2D eigenvalue weighted by atomic mass is 9.78. The van der Waals surface area contributed by atoms with Crippen LogP contribution in [0.15, 0.2) is 78.2 Å². The number of allylic oxidation sites excluding steroid dienone is 8. The van der Waals surface area contributed by atoms with Gasteiger partial charge in [-0.15, -0.1) is 0 Å². The zero-order valence-corrected chi connectivity index (χ0v) is 30.0. The number of ether oxygens (including phenoxy) is 3. The van der Waals surface area contributed by atoms with Crippen molar-refractivity contribution in [1.82, 2.24) is 30.2 Å². The Bertz CT molecular complexity index is 1890. The smallest absolute Gasteiger partial charge is 0.410 e. The van der Waals surface area contributed by atoms with Crippen molar-refractivity contribution in [2.45, 2.75) is 82.9 Å². The Morgan fingerprint density at radius 1 is 0.750 bits per heavy atom. The minimum atomic E-state index is -0.278. The molecule has 0 saturated carbocycles. The third-order valence-electron chi connectivity index (χ3n) is 12.7. The van der Waals surface area contributed by atoms with E-state index in [-0.39, 0.29) is 24.2 Å². The molecule has 52 heavy (non-hydrogen) atoms. The second-order valence-corrected chi connectivity index (χ2v) is 15.9. The maximum atomic E-state index is 13.5. The number of H-pyrrole nitrogens is 2. The van der Waals surface area contributed by atoms with E-state index < -0.39 is 0 Å². The van der Waals surface area contributed by atoms with Gasteiger partial charge >= 0.3 is 6.09 Å². The molecule has 3 aromatic rings. The van der Waals surface area contributed by atoms with Crippen molar-refractivity contribution in [3.05, 3.63) is 107 Å². The molecular weight excluding hydrogens is 652 g/mol. The van der Waals surface area contributed by atoms with Crippen molar-refractivity contribution in [3.8, 4) is 0 Å². The number of likely N-dealkylation sites (tertiary alicyclic amines) is 1. The van der Waals surface area contributed by atoms with Gasteiger partial charge in [-0.05, 0) is 103 Å². The van der Waals surface area contributed by atoms with Gasteiger partial charge in [0.05, 0.1) is 35.9 Å². The van der Waals surface area contributed by atoms with Gasteiger partial charge in [0.15, 0.2) is 0 Å². The average Bonchev–Trinajstić information content (AvgIpc) is 4.02. The number of carbonyl (C=O) groups excluding carboxylic acids is 1. The van der Waals surface area contributed by atoms with Crippen molar-refractivity contribution in [2.24, 2.45) is 10.8 Å². The van der Waals surface area contributed by atoms with E-state index in [9.17, 15) is 4.79 Å². The highest BCUT2D eigenvalue weighted by Crippen LogP contribution is 2.49. The standard InChI is InChI=1S/C42H50N6O4/c49-40(52-26-29-4-2-1-3-5-29)48-28-42(16-20-51-21-17-42)23-37(48)39-44-25-36(47-39)33-12-8-31(9-13-33)30-6-10-32(11-7-30)35-24-43-38(46-35)34-22-41(27-45-34)14-18-50-19-15-41/h1-6,8,10,12,24-25,34,37,45H,7,9,11,13-23,26-28H2,(H,43,46)(H,44,47). The molecule has 0 radical (unpaired) electrons. The second kappa shape index (κ2) is 14.3. The predicted molar refractivity (Wildman–Crippen MR) is 199 cm³/mol. The van der Waals surface area contributed by atoms with Crippen LogP contribution in [-0.4, -0.2) is 70.4 Å². The maximum Gasteiger partial charge on any atom is 0.410 e. The fraction of sp³-hybridized carbons (Fsp3) is 0.500. The summed E-state index contributed by atoms with van der Waals surface area (Å²) in [6, 6.07) is 10.0. The number of hydrogen-bond acceptors (Lipinski definition) is 7. The topological polar surface area (TPSA) is 117 Å². The number of aromatic nitrogens is 4. The van der Waals surface area contributed by atoms with Gasteiger partial charge in [-0.3, -0.25) is 4.90 Å². The monoisotopic (exact) mass is 702 g/mol. The van der Waals surface area contributed by atoms with Crippen LogP contribution in [0.1, 0.15) is 105 Å². The lowest BCUT2D eigenvalue weighted by molar-refractivity contribution is 0.0182. The van der Waals surface area contributed by atoms with E-state index in [1.165, 1.54) is 22.3 Å². The molecular formula is C42H50N6O4. The molecule has 6 aliphatic rings. The fourth-order valence-corrected chi connectivity index (χ4v) is 9.36. The summed E-state index contributed by atoms with van der Waals surface area (Å²) >= 11 is 0. The van der Waals surface area contributed by atoms with Gasteiger partial charge in [-0.2, -0.15) is 0 Å². The summed E-state index contributed by atoms with van der Waals surface area (Å²) < 4.78 is 17.2. The van der Waals surface area contributed by atoms with Crippen LogP contribution < -0.4 is 5.32 Å². The lowest BCUT2D eigenvalue weighted by Crippen LogP contribution is -2.36. The number of rotatable bonds is 7. The van der Waals surface area contributed by atoms with Crippen molar-refractivity contribution in [2.75, 3.05) is 39.5 Å². The average molecular weight is 703 g/mol. The van der Waals surface area contributed by atoms with Crippen LogP contribution in [0.4, 0.5) is 4.79 Å². The van der Waals surface area contributed by atoms with Gasteiger partial charge in [0.2, 0.25) is 0 Å². The van der Waals surface area contributed by atoms with Crippen LogP contribution in [0.3, 0.4) is 0 Å². The number of nitrogens with zero attached hydrogens (tertiary/aromatic N) is 3. The highest BCUT2D eigenvalue weighted by atomic mass is 16.6. The zero-order chi connectivity index (χ0) is 35.0. The van der Waals surface area contributed by atoms with E-state index in [1.54, 1.807) is 0 Å². The molecule has 1 amide bonds. The van der Waals surface area contributed by atoms with Crippen molar-refractivity contribution in [1.29, 1.82) is 0 Å². The quantitative estimate of drug-likeness (QED) is 0.231. The van der Waals surface area contributed by atoms with Crippen LogP contribution in [0, 0.1) is 10.8 Å². The van der Waals surface area contributed by atoms with Gasteiger partial charge in [0, 0.05) is 39.5 Å². The number of benzene rings is 1. The van der Waals surface area contributed by atoms with E-state index in [2.05, 4.69) is 39.6 Å². The molecule has 1 aromatic carbocycles. The van der Waals surface area contributed by atoms with Gasteiger partial charge in [-0.1, -0.05) is 54.6 Å². The van der Waals surface area contributed by atoms with Gasteiger partial charge < -0.3 is 29.5 Å². The van der Waals surface area contributed by atoms with E-state index >= 15 is 0 Å². The summed E-state index contributed by atoms with van der Waals surface area (Å²) in [6.45, 7) is 5.21. The van der Waals surface area contributed by atoms with E-state index in [1.807, 2.05) is 47.6 Å². The summed E-state index contributed by atoms with van der Waals surface area (Å²) in [5.41, 5.74) is 8.96. The lowest BCUT2D eigenvalue weighted by Gasteiger charge is -2.32. The Hall–Kier alpha value is -4.25. The van der Waals surface area contributed by atoms with Crippen LogP contribution in [0.5, 0.6) is 0 Å². The number of nitrogens with one attached hydrogen (secondary N) is 3. The molecule has 2 unspecified atom stereocenters. The van der Waals surface area contributed by atoms with Crippen LogP contribution in [0.2, 0.25) is 0 Å². The molecule has 6 heterocycles. The predicted octanol–water partition coefficient (Wildman–Crippen LogP) is 7.75. The first-order valence-corrected chi connectivity index (χ1v) is 19.3. The molecule has 4 aliphatic heterocycles. The third kappa shape index (κ3) is 6.84. The largest absolute Gasteiger partial charge is 0.445 e. The van der Waals surface area contributed by atoms with Crippen LogP contribution in [-0.2, 0) is 20.8 Å². The highest BCUT2D eigenvalue weighted by Gasteiger charge is 2.49. The number of imidazole rings is 2. The summed E-state index contributed by atoms with van der Waals surface area (Å²) in [5.74, 6) is 1.91. The van der Waals surface area contributed by atoms with Gasteiger partial charge in [-0.25, -0.2) is 14.8 Å². The molecule has 9 rings (SSSR count). The molecule has 3 N–H and O–H groups in total. The minimum absolute atomic E-state index is 0.0341. The molecule has 2 aliphatic carbocycles. The Morgan fingerprint density at radius 2 is 1.33 bits per heavy atom. The van der Waals surface area contributed by atoms with Gasteiger partial charge in [0.25, 0.3) is 0 Å². The van der Waals surface area contributed by atoms with Crippen LogP contribution >= 0.6 is 0 Å². The second-order valence-electron chi connectivity index (χ2n) is 15.9. The molecule has 272 valence electrons. The molecule has 0 bridgehead atoms. The molecule has 4 fully saturated rings. The Balaban J connectivity index is 0.859. The summed E-state index contributed by atoms with van der Waals surface area (Å²) in [5, 5.41) is 3.73. The van der Waals surface area contributed by atoms with Crippen LogP contribution in [0.25, 0.3) is 11.1 Å². The Kier molecular flexibility index (Phi) is 9.23. The summed E-state index contributed by atoms with van der Waals surface area (Å²) in [4.78, 5) is 32.4. The van der Waals surface area contributed by atoms with Crippen molar-refractivity contribution >= 4 is 17.2 Å². The molecule has 2 spiro atoms. The van der Waals surface area contributed by atoms with Crippen molar-refractivity contribution in [3.63, 3.8) is 0 Å². The molecule has 2 aromatic heterocycles. The van der Waals surface area contributed by atoms with Gasteiger partial charge in [0.1, 0.15) is 18.3 Å². The van der Waals surface area contributed by atoms with E-state index in [0.29, 0.717) is 18.0 Å². The number of amides is 1. The zero-order valence-electron chi connectivity index (χ0n) is 30.0. The molecule has 10 nitrogen and oxygen atoms in total. The molecule has 2 atom stereocenters. The Morgan fingerprint density at radius 3 is 1.96 bits per heavy atom. The Labute approximate surface area is 305 Å². The van der Waals surface area contributed by atoms with Crippen molar-refractivity contribution < 1.29 is 19.0 Å². The number of carbonyl (C=O) groups is 1. The first-order chi connectivity index (χ1) is 25.5. The first kappa shape index (κ1) is 33.6. The summed E-state index contributed by atoms with van der Waals surface area (Å²) in [6.07, 6.45) is 23.0. The summed E-state index contributed by atoms with van der Waals surface area (Å²) in [7, 11) is 0. The first-order valence-electron chi connectivity index (χ1n) is 19.3. The highest BCUT2D eigenvalue weighted by molar-refractivity contribution is 5.71. The molecule has 10 heteroatoms. The SMILES string of the molecule is O=C(OCc1ccccc1)N1CC2(CCOCC2)CC1c1ncc(C2=CC=C(C3=CC=C(c4cnc(C5CC6(CCOCC6)CN5)[nH]4)CC3)CC2)[nH]1. The number of hydrogen-bond donors (Lipinski definition) is 3. The molecule has 4 saturated heterocycles. The van der Waals surface area contributed by atoms with E-state index in [0.717, 1.165) is 126 Å². The minimum Gasteiger partial charge on any atom is -0.445 e. The maximum absolute atomic E-state index is 13.5.